The summed E-state index contributed by atoms with van der Waals surface area (Å²) in [7, 11) is 0. The molecular weight excluding hydrogens is 394 g/mol. The zero-order valence-electron chi connectivity index (χ0n) is 18.7. The van der Waals surface area contributed by atoms with Crippen molar-refractivity contribution < 1.29 is 19.1 Å². The van der Waals surface area contributed by atoms with Crippen LogP contribution in [-0.4, -0.2) is 46.3 Å². The van der Waals surface area contributed by atoms with Crippen LogP contribution in [0.25, 0.3) is 11.0 Å². The third-order valence-electron chi connectivity index (χ3n) is 6.46. The third kappa shape index (κ3) is 4.76. The van der Waals surface area contributed by atoms with Gasteiger partial charge in [-0.1, -0.05) is 13.8 Å². The lowest BCUT2D eigenvalue weighted by molar-refractivity contribution is -0.153. The highest BCUT2D eigenvalue weighted by Gasteiger charge is 2.28. The summed E-state index contributed by atoms with van der Waals surface area (Å²) in [6.45, 7) is 7.08. The smallest absolute Gasteiger partial charge is 0.308 e. The summed E-state index contributed by atoms with van der Waals surface area (Å²) in [4.78, 5) is 29.5. The predicted molar refractivity (Wildman–Crippen MR) is 118 cm³/mol. The highest BCUT2D eigenvalue weighted by molar-refractivity contribution is 5.97. The van der Waals surface area contributed by atoms with Crippen molar-refractivity contribution in [3.63, 3.8) is 0 Å². The molecule has 1 amide bonds. The molecule has 0 bridgehead atoms. The van der Waals surface area contributed by atoms with Gasteiger partial charge in [0.15, 0.2) is 0 Å². The second-order valence-corrected chi connectivity index (χ2v) is 8.82. The maximum absolute atomic E-state index is 12.9. The van der Waals surface area contributed by atoms with Crippen molar-refractivity contribution in [2.24, 2.45) is 0 Å². The number of imidazole rings is 1. The number of hydrogen-bond donors (Lipinski definition) is 1. The van der Waals surface area contributed by atoms with E-state index in [9.17, 15) is 9.59 Å². The topological polar surface area (TPSA) is 82.5 Å². The second kappa shape index (κ2) is 9.39. The Hall–Kier alpha value is -2.41. The monoisotopic (exact) mass is 427 g/mol. The van der Waals surface area contributed by atoms with Crippen molar-refractivity contribution in [2.75, 3.05) is 6.61 Å². The van der Waals surface area contributed by atoms with Crippen LogP contribution in [0.15, 0.2) is 18.2 Å². The van der Waals surface area contributed by atoms with Gasteiger partial charge in [-0.25, -0.2) is 4.98 Å². The van der Waals surface area contributed by atoms with E-state index < -0.39 is 0 Å². The molecule has 0 saturated carbocycles. The molecule has 31 heavy (non-hydrogen) atoms. The van der Waals surface area contributed by atoms with Crippen LogP contribution < -0.4 is 5.32 Å². The van der Waals surface area contributed by atoms with Crippen molar-refractivity contribution in [3.05, 3.63) is 29.6 Å². The van der Waals surface area contributed by atoms with E-state index in [1.807, 2.05) is 25.1 Å². The van der Waals surface area contributed by atoms with Gasteiger partial charge in [0.25, 0.3) is 5.91 Å². The minimum Gasteiger partial charge on any atom is -0.463 e. The number of aromatic nitrogens is 2. The van der Waals surface area contributed by atoms with E-state index >= 15 is 0 Å². The van der Waals surface area contributed by atoms with E-state index in [4.69, 9.17) is 14.5 Å². The molecule has 1 aromatic carbocycles. The zero-order valence-corrected chi connectivity index (χ0v) is 18.7. The maximum Gasteiger partial charge on any atom is 0.308 e. The SMILES string of the molecule is CCC(CC)n1c(CC2CCCO2)nc2cc(C(=O)N[C@@H]3CC(=O)OC(C)C3)ccc21. The summed E-state index contributed by atoms with van der Waals surface area (Å²) in [5.41, 5.74) is 2.47. The first kappa shape index (κ1) is 21.8. The number of fused-ring (bicyclic) bond motifs is 1. The Labute approximate surface area is 183 Å². The first-order valence-corrected chi connectivity index (χ1v) is 11.6. The average molecular weight is 428 g/mol. The molecule has 0 aliphatic carbocycles. The van der Waals surface area contributed by atoms with Crippen molar-refractivity contribution >= 4 is 22.9 Å². The van der Waals surface area contributed by atoms with Gasteiger partial charge >= 0.3 is 5.97 Å². The fraction of sp³-hybridized carbons (Fsp3) is 0.625. The minimum atomic E-state index is -0.262. The molecule has 1 aromatic heterocycles. The van der Waals surface area contributed by atoms with Gasteiger partial charge in [0.1, 0.15) is 11.9 Å². The number of nitrogens with one attached hydrogen (secondary N) is 1. The Bertz CT molecular complexity index is 944. The average Bonchev–Trinajstić information content (AvgIpc) is 3.36. The molecule has 1 N–H and O–H groups in total. The van der Waals surface area contributed by atoms with Crippen molar-refractivity contribution in [1.82, 2.24) is 14.9 Å². The fourth-order valence-corrected chi connectivity index (χ4v) is 4.89. The van der Waals surface area contributed by atoms with Gasteiger partial charge in [-0.05, 0) is 50.8 Å². The van der Waals surface area contributed by atoms with E-state index in [-0.39, 0.29) is 36.5 Å². The Morgan fingerprint density at radius 1 is 1.32 bits per heavy atom. The number of benzene rings is 1. The summed E-state index contributed by atoms with van der Waals surface area (Å²) >= 11 is 0. The Balaban J connectivity index is 1.60. The lowest BCUT2D eigenvalue weighted by atomic mass is 10.0. The molecule has 7 nitrogen and oxygen atoms in total. The van der Waals surface area contributed by atoms with Gasteiger partial charge < -0.3 is 19.4 Å². The van der Waals surface area contributed by atoms with Crippen molar-refractivity contribution in [3.8, 4) is 0 Å². The second-order valence-electron chi connectivity index (χ2n) is 8.82. The van der Waals surface area contributed by atoms with Gasteiger partial charge in [-0.3, -0.25) is 9.59 Å². The summed E-state index contributed by atoms with van der Waals surface area (Å²) in [5.74, 6) is 0.603. The van der Waals surface area contributed by atoms with Gasteiger partial charge in [0, 0.05) is 37.1 Å². The molecule has 0 radical (unpaired) electrons. The van der Waals surface area contributed by atoms with Gasteiger partial charge in [-0.15, -0.1) is 0 Å². The van der Waals surface area contributed by atoms with Crippen LogP contribution in [0.2, 0.25) is 0 Å². The zero-order chi connectivity index (χ0) is 22.0. The molecule has 3 heterocycles. The summed E-state index contributed by atoms with van der Waals surface area (Å²) in [5, 5.41) is 2.99. The molecule has 2 saturated heterocycles. The summed E-state index contributed by atoms with van der Waals surface area (Å²) in [6.07, 6.45) is 5.93. The number of carbonyl (C=O) groups is 2. The standard InChI is InChI=1S/C24H33N3O4/c1-4-18(5-2)27-21-9-8-16(24(29)25-17-11-15(3)31-23(28)13-17)12-20(21)26-22(27)14-19-7-6-10-30-19/h8-9,12,15,17-19H,4-7,10-11,13-14H2,1-3H3,(H,25,29)/t15?,17-,19?/m0/s1. The highest BCUT2D eigenvalue weighted by Crippen LogP contribution is 2.29. The number of amides is 1. The number of ether oxygens (including phenoxy) is 2. The van der Waals surface area contributed by atoms with E-state index in [1.165, 1.54) is 0 Å². The van der Waals surface area contributed by atoms with Crippen LogP contribution in [0.4, 0.5) is 0 Å². The van der Waals surface area contributed by atoms with Crippen LogP contribution >= 0.6 is 0 Å². The molecule has 4 rings (SSSR count). The molecule has 2 unspecified atom stereocenters. The van der Waals surface area contributed by atoms with Crippen LogP contribution in [-0.2, 0) is 20.7 Å². The van der Waals surface area contributed by atoms with Crippen LogP contribution in [0, 0.1) is 0 Å². The van der Waals surface area contributed by atoms with E-state index in [0.717, 1.165) is 55.6 Å². The largest absolute Gasteiger partial charge is 0.463 e. The number of esters is 1. The van der Waals surface area contributed by atoms with Gasteiger partial charge in [0.2, 0.25) is 0 Å². The van der Waals surface area contributed by atoms with Gasteiger partial charge in [0.05, 0.1) is 23.6 Å². The fourth-order valence-electron chi connectivity index (χ4n) is 4.89. The lowest BCUT2D eigenvalue weighted by Crippen LogP contribution is -2.43. The Morgan fingerprint density at radius 2 is 2.13 bits per heavy atom. The van der Waals surface area contributed by atoms with E-state index in [2.05, 4.69) is 23.7 Å². The number of carbonyl (C=O) groups excluding carboxylic acids is 2. The van der Waals surface area contributed by atoms with Crippen LogP contribution in [0.1, 0.15) is 81.5 Å². The number of nitrogens with zero attached hydrogens (tertiary/aromatic N) is 2. The maximum atomic E-state index is 12.9. The summed E-state index contributed by atoms with van der Waals surface area (Å²) in [6, 6.07) is 5.91. The Morgan fingerprint density at radius 3 is 2.81 bits per heavy atom. The van der Waals surface area contributed by atoms with Crippen LogP contribution in [0.3, 0.4) is 0 Å². The van der Waals surface area contributed by atoms with Crippen LogP contribution in [0.5, 0.6) is 0 Å². The number of cyclic esters (lactones) is 1. The summed E-state index contributed by atoms with van der Waals surface area (Å²) < 4.78 is 13.4. The lowest BCUT2D eigenvalue weighted by Gasteiger charge is -2.27. The quantitative estimate of drug-likeness (QED) is 0.677. The first-order chi connectivity index (χ1) is 15.0. The normalized spacial score (nSPS) is 24.0. The molecular formula is C24H33N3O4. The third-order valence-corrected chi connectivity index (χ3v) is 6.46. The van der Waals surface area contributed by atoms with Crippen molar-refractivity contribution in [1.29, 1.82) is 0 Å². The molecule has 7 heteroatoms. The Kier molecular flexibility index (Phi) is 6.60. The number of rotatable bonds is 7. The molecule has 2 aliphatic heterocycles. The van der Waals surface area contributed by atoms with Gasteiger partial charge in [-0.2, -0.15) is 0 Å². The molecule has 3 atom stereocenters. The number of hydrogen-bond acceptors (Lipinski definition) is 5. The first-order valence-electron chi connectivity index (χ1n) is 11.6. The molecule has 168 valence electrons. The molecule has 0 spiro atoms. The van der Waals surface area contributed by atoms with E-state index in [0.29, 0.717) is 18.0 Å². The molecule has 2 aromatic rings. The van der Waals surface area contributed by atoms with Crippen molar-refractivity contribution in [2.45, 2.75) is 90.0 Å². The predicted octanol–water partition coefficient (Wildman–Crippen LogP) is 3.94. The molecule has 2 aliphatic rings. The highest BCUT2D eigenvalue weighted by atomic mass is 16.5. The minimum absolute atomic E-state index is 0.174. The van der Waals surface area contributed by atoms with E-state index in [1.54, 1.807) is 0 Å². The molecule has 2 fully saturated rings.